The Morgan fingerprint density at radius 1 is 1.10 bits per heavy atom. The van der Waals surface area contributed by atoms with Gasteiger partial charge in [-0.25, -0.2) is 9.97 Å². The molecule has 2 N–H and O–H groups in total. The molecule has 0 aliphatic carbocycles. The number of amides is 2. The number of ether oxygens (including phenoxy) is 2. The van der Waals surface area contributed by atoms with Crippen LogP contribution in [0.15, 0.2) is 43.0 Å². The summed E-state index contributed by atoms with van der Waals surface area (Å²) in [4.78, 5) is 53.3. The molecule has 2 aromatic heterocycles. The van der Waals surface area contributed by atoms with Crippen LogP contribution in [0, 0.1) is 0 Å². The molecule has 1 aliphatic rings. The predicted octanol–water partition coefficient (Wildman–Crippen LogP) is 1.96. The quantitative estimate of drug-likeness (QED) is 0.302. The fraction of sp³-hybridized carbons (Fsp3) is 0.407. The van der Waals surface area contributed by atoms with Crippen molar-refractivity contribution in [2.75, 3.05) is 45.3 Å². The van der Waals surface area contributed by atoms with Gasteiger partial charge < -0.3 is 29.7 Å². The number of methoxy groups -OCH3 is 2. The first-order valence-electron chi connectivity index (χ1n) is 13.0. The van der Waals surface area contributed by atoms with E-state index in [-0.39, 0.29) is 42.8 Å². The van der Waals surface area contributed by atoms with E-state index in [1.807, 2.05) is 23.1 Å². The zero-order chi connectivity index (χ0) is 29.4. The minimum atomic E-state index is -1.04. The second kappa shape index (κ2) is 13.8. The van der Waals surface area contributed by atoms with Crippen LogP contribution in [0.1, 0.15) is 24.8 Å². The summed E-state index contributed by atoms with van der Waals surface area (Å²) in [6.45, 7) is 1.34. The van der Waals surface area contributed by atoms with Gasteiger partial charge in [-0.1, -0.05) is 17.7 Å². The Kier molecular flexibility index (Phi) is 9.95. The van der Waals surface area contributed by atoms with Crippen LogP contribution in [0.4, 0.5) is 5.82 Å². The standard InChI is InChI=1S/C27H32ClN7O6/c1-40-20-4-3-18(13-21(20)41-2)7-8-30-24(36)14-19-16-33(25(37)5-6-26(38)39)11-12-35(19)23-15-22(28)31-27(32-23)34-10-9-29-17-34/h3-4,9-10,13,15,17,19H,5-8,11-12,14,16H2,1-2H3,(H,30,36)(H,38,39). The minimum absolute atomic E-state index is 0.0800. The SMILES string of the molecule is COc1ccc(CCNC(=O)CC2CN(C(=O)CCC(=O)O)CCN2c2cc(Cl)nc(-n3ccnc3)n2)cc1OC. The molecule has 1 unspecified atom stereocenters. The number of aliphatic carboxylic acids is 1. The number of anilines is 1. The van der Waals surface area contributed by atoms with Gasteiger partial charge in [0.2, 0.25) is 17.8 Å². The molecule has 218 valence electrons. The van der Waals surface area contributed by atoms with Crippen molar-refractivity contribution < 1.29 is 29.0 Å². The highest BCUT2D eigenvalue weighted by Crippen LogP contribution is 2.28. The van der Waals surface area contributed by atoms with E-state index >= 15 is 0 Å². The summed E-state index contributed by atoms with van der Waals surface area (Å²) in [6.07, 6.45) is 5.14. The molecule has 0 bridgehead atoms. The average molecular weight is 586 g/mol. The van der Waals surface area contributed by atoms with Crippen LogP contribution in [0.25, 0.3) is 5.95 Å². The number of carboxylic acid groups (broad SMARTS) is 1. The van der Waals surface area contributed by atoms with E-state index in [9.17, 15) is 14.4 Å². The Labute approximate surface area is 242 Å². The number of aromatic nitrogens is 4. The second-order valence-electron chi connectivity index (χ2n) is 9.39. The fourth-order valence-electron chi connectivity index (χ4n) is 4.63. The van der Waals surface area contributed by atoms with E-state index in [4.69, 9.17) is 26.2 Å². The van der Waals surface area contributed by atoms with Crippen molar-refractivity contribution >= 4 is 35.2 Å². The first kappa shape index (κ1) is 29.6. The van der Waals surface area contributed by atoms with Crippen molar-refractivity contribution in [3.8, 4) is 17.4 Å². The minimum Gasteiger partial charge on any atom is -0.493 e. The van der Waals surface area contributed by atoms with Crippen molar-refractivity contribution in [2.45, 2.75) is 31.7 Å². The van der Waals surface area contributed by atoms with E-state index in [1.54, 1.807) is 48.5 Å². The number of rotatable bonds is 12. The van der Waals surface area contributed by atoms with Gasteiger partial charge >= 0.3 is 5.97 Å². The molecule has 0 radical (unpaired) electrons. The number of imidazole rings is 1. The largest absolute Gasteiger partial charge is 0.493 e. The number of carbonyl (C=O) groups is 3. The van der Waals surface area contributed by atoms with E-state index in [2.05, 4.69) is 20.3 Å². The lowest BCUT2D eigenvalue weighted by molar-refractivity contribution is -0.141. The lowest BCUT2D eigenvalue weighted by atomic mass is 10.1. The van der Waals surface area contributed by atoms with Gasteiger partial charge in [-0.3, -0.25) is 19.0 Å². The monoisotopic (exact) mass is 585 g/mol. The third-order valence-corrected chi connectivity index (χ3v) is 6.89. The molecule has 0 saturated carbocycles. The van der Waals surface area contributed by atoms with E-state index < -0.39 is 12.0 Å². The van der Waals surface area contributed by atoms with Gasteiger partial charge in [0, 0.05) is 57.5 Å². The van der Waals surface area contributed by atoms with Crippen LogP contribution < -0.4 is 19.7 Å². The number of carboxylic acids is 1. The van der Waals surface area contributed by atoms with Crippen LogP contribution >= 0.6 is 11.6 Å². The number of piperazine rings is 1. The molecule has 1 aromatic carbocycles. The average Bonchev–Trinajstić information content (AvgIpc) is 3.51. The van der Waals surface area contributed by atoms with Gasteiger partial charge in [0.05, 0.1) is 26.7 Å². The number of nitrogens with one attached hydrogen (secondary N) is 1. The summed E-state index contributed by atoms with van der Waals surface area (Å²) in [5.74, 6) is 0.560. The Bertz CT molecular complexity index is 1370. The zero-order valence-corrected chi connectivity index (χ0v) is 23.6. The Balaban J connectivity index is 1.47. The van der Waals surface area contributed by atoms with Crippen molar-refractivity contribution in [3.63, 3.8) is 0 Å². The molecule has 1 fully saturated rings. The smallest absolute Gasteiger partial charge is 0.303 e. The Morgan fingerprint density at radius 3 is 2.61 bits per heavy atom. The maximum atomic E-state index is 13.1. The number of hydrogen-bond donors (Lipinski definition) is 2. The van der Waals surface area contributed by atoms with Crippen molar-refractivity contribution in [3.05, 3.63) is 53.7 Å². The van der Waals surface area contributed by atoms with Gasteiger partial charge in [-0.2, -0.15) is 4.98 Å². The van der Waals surface area contributed by atoms with Gasteiger partial charge in [-0.15, -0.1) is 0 Å². The Hall–Kier alpha value is -4.39. The van der Waals surface area contributed by atoms with Crippen molar-refractivity contribution in [1.29, 1.82) is 0 Å². The lowest BCUT2D eigenvalue weighted by Gasteiger charge is -2.42. The highest BCUT2D eigenvalue weighted by Gasteiger charge is 2.32. The zero-order valence-electron chi connectivity index (χ0n) is 22.8. The van der Waals surface area contributed by atoms with Gasteiger partial charge in [0.1, 0.15) is 17.3 Å². The number of hydrogen-bond acceptors (Lipinski definition) is 9. The maximum absolute atomic E-state index is 13.1. The first-order chi connectivity index (χ1) is 19.8. The molecule has 1 atom stereocenters. The topological polar surface area (TPSA) is 152 Å². The van der Waals surface area contributed by atoms with Crippen LogP contribution in [0.2, 0.25) is 5.15 Å². The van der Waals surface area contributed by atoms with Gasteiger partial charge in [-0.05, 0) is 24.1 Å². The molecule has 4 rings (SSSR count). The van der Waals surface area contributed by atoms with Crippen molar-refractivity contribution in [1.82, 2.24) is 29.7 Å². The molecule has 13 nitrogen and oxygen atoms in total. The third kappa shape index (κ3) is 7.84. The molecule has 1 aliphatic heterocycles. The first-order valence-corrected chi connectivity index (χ1v) is 13.4. The van der Waals surface area contributed by atoms with Crippen molar-refractivity contribution in [2.24, 2.45) is 0 Å². The predicted molar refractivity (Wildman–Crippen MR) is 150 cm³/mol. The highest BCUT2D eigenvalue weighted by atomic mass is 35.5. The van der Waals surface area contributed by atoms with Crippen LogP contribution in [-0.2, 0) is 20.8 Å². The maximum Gasteiger partial charge on any atom is 0.303 e. The van der Waals surface area contributed by atoms with Gasteiger partial charge in [0.15, 0.2) is 11.5 Å². The molecule has 3 heterocycles. The molecule has 41 heavy (non-hydrogen) atoms. The molecule has 2 amide bonds. The summed E-state index contributed by atoms with van der Waals surface area (Å²) in [5.41, 5.74) is 0.972. The number of carbonyl (C=O) groups excluding carboxylic acids is 2. The lowest BCUT2D eigenvalue weighted by Crippen LogP contribution is -2.56. The van der Waals surface area contributed by atoms with Gasteiger partial charge in [0.25, 0.3) is 0 Å². The van der Waals surface area contributed by atoms with Crippen LogP contribution in [0.3, 0.4) is 0 Å². The van der Waals surface area contributed by atoms with E-state index in [0.29, 0.717) is 49.3 Å². The molecule has 14 heteroatoms. The van der Waals surface area contributed by atoms with Crippen LogP contribution in [0.5, 0.6) is 11.5 Å². The van der Waals surface area contributed by atoms with Crippen LogP contribution in [-0.4, -0.2) is 93.7 Å². The van der Waals surface area contributed by atoms with E-state index in [0.717, 1.165) is 5.56 Å². The van der Waals surface area contributed by atoms with E-state index in [1.165, 1.54) is 0 Å². The third-order valence-electron chi connectivity index (χ3n) is 6.69. The fourth-order valence-corrected chi connectivity index (χ4v) is 4.81. The number of halogens is 1. The number of nitrogens with zero attached hydrogens (tertiary/aromatic N) is 6. The summed E-state index contributed by atoms with van der Waals surface area (Å²) in [7, 11) is 3.14. The summed E-state index contributed by atoms with van der Waals surface area (Å²) in [6, 6.07) is 6.78. The molecule has 3 aromatic rings. The molecule has 1 saturated heterocycles. The second-order valence-corrected chi connectivity index (χ2v) is 9.78. The molecule has 0 spiro atoms. The summed E-state index contributed by atoms with van der Waals surface area (Å²) >= 11 is 6.33. The summed E-state index contributed by atoms with van der Waals surface area (Å²) in [5, 5.41) is 12.2. The molecular weight excluding hydrogens is 554 g/mol. The molecular formula is C27H32ClN7O6. The Morgan fingerprint density at radius 2 is 1.90 bits per heavy atom. The normalized spacial score (nSPS) is 15.0. The highest BCUT2D eigenvalue weighted by molar-refractivity contribution is 6.29. The summed E-state index contributed by atoms with van der Waals surface area (Å²) < 4.78 is 12.2. The number of benzene rings is 1.